The Morgan fingerprint density at radius 1 is 0.913 bits per heavy atom. The second-order valence-corrected chi connectivity index (χ2v) is 12.1. The van der Waals surface area contributed by atoms with E-state index in [9.17, 15) is 0 Å². The molecule has 1 aromatic rings. The Labute approximate surface area is 146 Å². The Hall–Kier alpha value is -0.603. The van der Waals surface area contributed by atoms with Crippen molar-refractivity contribution in [2.45, 2.75) is 91.0 Å². The molecular weight excluding hydrogens is 296 g/mol. The Morgan fingerprint density at radius 2 is 1.52 bits per heavy atom. The molecular formula is C21H38OSi. The van der Waals surface area contributed by atoms with Gasteiger partial charge in [-0.25, -0.2) is 0 Å². The highest BCUT2D eigenvalue weighted by Gasteiger charge is 2.31. The molecule has 0 radical (unpaired) electrons. The number of unbranched alkanes of at least 4 members (excludes halogenated alkanes) is 1. The summed E-state index contributed by atoms with van der Waals surface area (Å²) in [4.78, 5) is 0. The molecule has 23 heavy (non-hydrogen) atoms. The monoisotopic (exact) mass is 334 g/mol. The Kier molecular flexibility index (Phi) is 9.81. The van der Waals surface area contributed by atoms with Crippen molar-refractivity contribution in [2.75, 3.05) is 0 Å². The van der Waals surface area contributed by atoms with Gasteiger partial charge in [-0.05, 0) is 55.3 Å². The van der Waals surface area contributed by atoms with Crippen LogP contribution in [0.2, 0.25) is 18.1 Å². The van der Waals surface area contributed by atoms with E-state index < -0.39 is 8.32 Å². The molecule has 2 heteroatoms. The van der Waals surface area contributed by atoms with Gasteiger partial charge in [-0.2, -0.15) is 0 Å². The minimum atomic E-state index is -1.47. The summed E-state index contributed by atoms with van der Waals surface area (Å²) in [5.41, 5.74) is 1.47. The van der Waals surface area contributed by atoms with E-state index in [-0.39, 0.29) is 0 Å². The molecule has 0 fully saturated rings. The van der Waals surface area contributed by atoms with Gasteiger partial charge in [0.2, 0.25) is 0 Å². The first-order valence-electron chi connectivity index (χ1n) is 9.77. The molecule has 1 nitrogen and oxygen atoms in total. The van der Waals surface area contributed by atoms with E-state index in [0.29, 0.717) is 6.10 Å². The minimum Gasteiger partial charge on any atom is -0.414 e. The number of benzene rings is 1. The number of hydrogen-bond acceptors (Lipinski definition) is 1. The first-order chi connectivity index (χ1) is 11.0. The van der Waals surface area contributed by atoms with Crippen molar-refractivity contribution in [1.29, 1.82) is 0 Å². The largest absolute Gasteiger partial charge is 0.414 e. The molecule has 0 saturated heterocycles. The van der Waals surface area contributed by atoms with E-state index in [2.05, 4.69) is 65.0 Å². The molecule has 0 bridgehead atoms. The number of hydrogen-bond donors (Lipinski definition) is 0. The van der Waals surface area contributed by atoms with Crippen molar-refractivity contribution in [1.82, 2.24) is 0 Å². The van der Waals surface area contributed by atoms with Crippen LogP contribution in [0.25, 0.3) is 0 Å². The topological polar surface area (TPSA) is 9.23 Å². The van der Waals surface area contributed by atoms with Gasteiger partial charge in [0, 0.05) is 6.10 Å². The Morgan fingerprint density at radius 3 is 2.04 bits per heavy atom. The average Bonchev–Trinajstić information content (AvgIpc) is 2.57. The maximum absolute atomic E-state index is 6.79. The third-order valence-electron chi connectivity index (χ3n) is 5.17. The molecule has 1 aromatic carbocycles. The molecule has 0 amide bonds. The van der Waals surface area contributed by atoms with E-state index in [0.717, 1.165) is 5.92 Å². The van der Waals surface area contributed by atoms with Crippen LogP contribution in [0.5, 0.6) is 0 Å². The Bertz CT molecular complexity index is 389. The van der Waals surface area contributed by atoms with Crippen molar-refractivity contribution < 1.29 is 4.43 Å². The third kappa shape index (κ3) is 7.67. The van der Waals surface area contributed by atoms with Crippen molar-refractivity contribution in [2.24, 2.45) is 5.92 Å². The Balaban J connectivity index is 2.47. The van der Waals surface area contributed by atoms with Gasteiger partial charge in [0.25, 0.3) is 0 Å². The summed E-state index contributed by atoms with van der Waals surface area (Å²) in [5.74, 6) is 0.728. The normalized spacial score (nSPS) is 13.5. The highest BCUT2D eigenvalue weighted by Crippen LogP contribution is 2.27. The van der Waals surface area contributed by atoms with Crippen LogP contribution >= 0.6 is 0 Å². The second kappa shape index (κ2) is 11.0. The summed E-state index contributed by atoms with van der Waals surface area (Å²) in [6.07, 6.45) is 6.71. The van der Waals surface area contributed by atoms with Crippen LogP contribution < -0.4 is 0 Å². The van der Waals surface area contributed by atoms with E-state index in [1.165, 1.54) is 55.8 Å². The third-order valence-corrected chi connectivity index (χ3v) is 9.87. The highest BCUT2D eigenvalue weighted by atomic mass is 28.4. The summed E-state index contributed by atoms with van der Waals surface area (Å²) in [5, 5.41) is 0. The molecule has 0 saturated carbocycles. The van der Waals surface area contributed by atoms with Crippen LogP contribution in [-0.2, 0) is 10.8 Å². The number of aryl methyl sites for hydroxylation is 1. The van der Waals surface area contributed by atoms with Crippen molar-refractivity contribution in [3.05, 3.63) is 35.9 Å². The molecule has 0 heterocycles. The van der Waals surface area contributed by atoms with Crippen molar-refractivity contribution >= 4 is 8.32 Å². The molecule has 1 rings (SSSR count). The van der Waals surface area contributed by atoms with Crippen molar-refractivity contribution in [3.63, 3.8) is 0 Å². The lowest BCUT2D eigenvalue weighted by Gasteiger charge is -2.34. The molecule has 0 aliphatic rings. The smallest absolute Gasteiger partial charge is 0.192 e. The van der Waals surface area contributed by atoms with Crippen LogP contribution in [-0.4, -0.2) is 14.4 Å². The molecule has 0 aromatic heterocycles. The molecule has 0 aliphatic carbocycles. The van der Waals surface area contributed by atoms with E-state index in [1.54, 1.807) is 0 Å². The standard InChI is InChI=1S/C21H38OSi/c1-6-23(7-2,8-3)22-21(18-19(4)5)17-13-12-16-20-14-10-9-11-15-20/h9-11,14-15,19,21H,6-8,12-13,16-18H2,1-5H3. The predicted octanol–water partition coefficient (Wildman–Crippen LogP) is 6.84. The minimum absolute atomic E-state index is 0.484. The summed E-state index contributed by atoms with van der Waals surface area (Å²) in [7, 11) is -1.47. The number of rotatable bonds is 12. The van der Waals surface area contributed by atoms with E-state index >= 15 is 0 Å². The van der Waals surface area contributed by atoms with Gasteiger partial charge in [0.15, 0.2) is 8.32 Å². The fraction of sp³-hybridized carbons (Fsp3) is 0.714. The SMILES string of the molecule is CC[Si](CC)(CC)OC(CCCCc1ccccc1)CC(C)C. The molecule has 0 aliphatic heterocycles. The van der Waals surface area contributed by atoms with E-state index in [1.807, 2.05) is 0 Å². The van der Waals surface area contributed by atoms with Gasteiger partial charge >= 0.3 is 0 Å². The van der Waals surface area contributed by atoms with Crippen LogP contribution in [0.1, 0.15) is 65.9 Å². The molecule has 0 N–H and O–H groups in total. The fourth-order valence-electron chi connectivity index (χ4n) is 3.45. The lowest BCUT2D eigenvalue weighted by atomic mass is 10.00. The second-order valence-electron chi connectivity index (χ2n) is 7.34. The molecule has 0 spiro atoms. The van der Waals surface area contributed by atoms with Crippen LogP contribution in [0, 0.1) is 5.92 Å². The highest BCUT2D eigenvalue weighted by molar-refractivity contribution is 6.73. The van der Waals surface area contributed by atoms with Gasteiger partial charge < -0.3 is 4.43 Å². The van der Waals surface area contributed by atoms with Gasteiger partial charge in [-0.15, -0.1) is 0 Å². The average molecular weight is 335 g/mol. The lowest BCUT2D eigenvalue weighted by Crippen LogP contribution is -2.40. The zero-order valence-corrected chi connectivity index (χ0v) is 17.1. The van der Waals surface area contributed by atoms with Crippen LogP contribution in [0.4, 0.5) is 0 Å². The maximum atomic E-state index is 6.79. The van der Waals surface area contributed by atoms with Crippen LogP contribution in [0.15, 0.2) is 30.3 Å². The zero-order valence-electron chi connectivity index (χ0n) is 16.1. The summed E-state index contributed by atoms with van der Waals surface area (Å²) in [6, 6.07) is 14.7. The molecule has 1 unspecified atom stereocenters. The lowest BCUT2D eigenvalue weighted by molar-refractivity contribution is 0.148. The van der Waals surface area contributed by atoms with Gasteiger partial charge in [-0.3, -0.25) is 0 Å². The molecule has 1 atom stereocenters. The fourth-order valence-corrected chi connectivity index (χ4v) is 6.37. The van der Waals surface area contributed by atoms with Gasteiger partial charge in [0.1, 0.15) is 0 Å². The van der Waals surface area contributed by atoms with Crippen LogP contribution in [0.3, 0.4) is 0 Å². The first kappa shape index (κ1) is 20.4. The maximum Gasteiger partial charge on any atom is 0.192 e. The summed E-state index contributed by atoms with van der Waals surface area (Å²) < 4.78 is 6.79. The van der Waals surface area contributed by atoms with E-state index in [4.69, 9.17) is 4.43 Å². The quantitative estimate of drug-likeness (QED) is 0.300. The molecule has 132 valence electrons. The van der Waals surface area contributed by atoms with Gasteiger partial charge in [0.05, 0.1) is 0 Å². The summed E-state index contributed by atoms with van der Waals surface area (Å²) >= 11 is 0. The predicted molar refractivity (Wildman–Crippen MR) is 106 cm³/mol. The zero-order chi connectivity index (χ0) is 17.1. The van der Waals surface area contributed by atoms with Crippen molar-refractivity contribution in [3.8, 4) is 0 Å². The summed E-state index contributed by atoms with van der Waals surface area (Å²) in [6.45, 7) is 11.7. The first-order valence-corrected chi connectivity index (χ1v) is 12.3. The van der Waals surface area contributed by atoms with Gasteiger partial charge in [-0.1, -0.05) is 71.4 Å².